The van der Waals surface area contributed by atoms with E-state index < -0.39 is 6.36 Å². The highest BCUT2D eigenvalue weighted by atomic mass is 32.2. The quantitative estimate of drug-likeness (QED) is 0.187. The monoisotopic (exact) mass is 650 g/mol. The van der Waals surface area contributed by atoms with E-state index in [2.05, 4.69) is 75.9 Å². The van der Waals surface area contributed by atoms with Crippen LogP contribution in [-0.2, 0) is 6.42 Å². The number of nitrogens with one attached hydrogen (secondary N) is 1. The summed E-state index contributed by atoms with van der Waals surface area (Å²) < 4.78 is 42.7. The predicted molar refractivity (Wildman–Crippen MR) is 177 cm³/mol. The number of rotatable bonds is 10. The average Bonchev–Trinajstić information content (AvgIpc) is 3.67. The molecule has 1 N–H and O–H groups in total. The summed E-state index contributed by atoms with van der Waals surface area (Å²) in [5, 5.41) is 8.17. The van der Waals surface area contributed by atoms with Gasteiger partial charge in [0.15, 0.2) is 11.0 Å². The van der Waals surface area contributed by atoms with Gasteiger partial charge in [-0.05, 0) is 78.6 Å². The molecular formula is C34H37F3N6O2S. The molecule has 1 aromatic heterocycles. The number of aliphatic imine (C=N–C) groups is 1. The highest BCUT2D eigenvalue weighted by molar-refractivity contribution is 8.14. The van der Waals surface area contributed by atoms with Crippen molar-refractivity contribution in [1.82, 2.24) is 20.1 Å². The van der Waals surface area contributed by atoms with Crippen molar-refractivity contribution >= 4 is 28.6 Å². The third-order valence-corrected chi connectivity index (χ3v) is 8.57. The van der Waals surface area contributed by atoms with Crippen molar-refractivity contribution in [2.45, 2.75) is 52.8 Å². The molecule has 1 aliphatic heterocycles. The van der Waals surface area contributed by atoms with Crippen molar-refractivity contribution in [3.63, 3.8) is 0 Å². The number of benzene rings is 3. The molecule has 1 fully saturated rings. The second-order valence-corrected chi connectivity index (χ2v) is 12.8. The van der Waals surface area contributed by atoms with Crippen LogP contribution in [0, 0.1) is 12.8 Å². The number of carbonyl (C=O) groups is 1. The maximum atomic E-state index is 12.7. The van der Waals surface area contributed by atoms with Gasteiger partial charge in [-0.2, -0.15) is 4.99 Å². The van der Waals surface area contributed by atoms with Gasteiger partial charge in [-0.15, -0.1) is 18.3 Å². The van der Waals surface area contributed by atoms with Gasteiger partial charge in [0, 0.05) is 30.1 Å². The highest BCUT2D eigenvalue weighted by Gasteiger charge is 2.31. The molecule has 12 heteroatoms. The van der Waals surface area contributed by atoms with Crippen molar-refractivity contribution in [2.24, 2.45) is 10.9 Å². The van der Waals surface area contributed by atoms with E-state index in [4.69, 9.17) is 0 Å². The van der Waals surface area contributed by atoms with Gasteiger partial charge < -0.3 is 15.0 Å². The van der Waals surface area contributed by atoms with Crippen LogP contribution in [0.5, 0.6) is 5.75 Å². The van der Waals surface area contributed by atoms with Crippen molar-refractivity contribution in [1.29, 1.82) is 0 Å². The molecule has 1 saturated heterocycles. The fourth-order valence-electron chi connectivity index (χ4n) is 5.26. The first-order valence-electron chi connectivity index (χ1n) is 15.2. The fraction of sp³-hybridized carbons (Fsp3) is 0.353. The van der Waals surface area contributed by atoms with Crippen LogP contribution in [0.4, 0.5) is 23.7 Å². The Morgan fingerprint density at radius 3 is 2.50 bits per heavy atom. The second kappa shape index (κ2) is 14.4. The summed E-state index contributed by atoms with van der Waals surface area (Å²) in [7, 11) is 0. The standard InChI is InChI=1S/C34H37F3N6O2S/c1-22(2)29-14-5-23(3)20-30(29)42-17-18-46-33(42)40-32(44)38-16-15-24(4)19-25-6-8-26(9-7-25)31-39-21-43(41-31)27-10-12-28(13-11-27)45-34(35,36)37/h5-14,20-22,24H,15-19H2,1-4H3,(H,38,44)/b40-33-. The lowest BCUT2D eigenvalue weighted by molar-refractivity contribution is -0.274. The Balaban J connectivity index is 1.11. The number of aromatic nitrogens is 3. The van der Waals surface area contributed by atoms with Crippen LogP contribution in [0.25, 0.3) is 17.1 Å². The summed E-state index contributed by atoms with van der Waals surface area (Å²) in [6.07, 6.45) is -1.58. The third-order valence-electron chi connectivity index (χ3n) is 7.61. The number of aryl methyl sites for hydroxylation is 1. The number of thioether (sulfide) groups is 1. The first-order chi connectivity index (χ1) is 21.9. The molecule has 0 bridgehead atoms. The average molecular weight is 651 g/mol. The lowest BCUT2D eigenvalue weighted by atomic mass is 9.97. The fourth-order valence-corrected chi connectivity index (χ4v) is 6.21. The topological polar surface area (TPSA) is 84.6 Å². The predicted octanol–water partition coefficient (Wildman–Crippen LogP) is 8.15. The molecule has 4 aromatic rings. The molecule has 0 radical (unpaired) electrons. The van der Waals surface area contributed by atoms with E-state index in [1.807, 2.05) is 24.3 Å². The Labute approximate surface area is 271 Å². The summed E-state index contributed by atoms with van der Waals surface area (Å²) in [5.41, 5.74) is 6.10. The number of halogens is 3. The maximum Gasteiger partial charge on any atom is 0.573 e. The number of ether oxygens (including phenoxy) is 1. The number of alkyl halides is 3. The molecule has 1 aliphatic rings. The molecule has 242 valence electrons. The van der Waals surface area contributed by atoms with E-state index in [0.717, 1.165) is 47.1 Å². The molecule has 8 nitrogen and oxygen atoms in total. The molecule has 5 rings (SSSR count). The summed E-state index contributed by atoms with van der Waals surface area (Å²) >= 11 is 1.61. The first kappa shape index (κ1) is 33.1. The van der Waals surface area contributed by atoms with Gasteiger partial charge in [-0.1, -0.05) is 68.9 Å². The number of nitrogens with zero attached hydrogens (tertiary/aromatic N) is 5. The summed E-state index contributed by atoms with van der Waals surface area (Å²) in [6.45, 7) is 9.95. The smallest absolute Gasteiger partial charge is 0.406 e. The Bertz CT molecular complexity index is 1670. The summed E-state index contributed by atoms with van der Waals surface area (Å²) in [5.74, 6) is 1.80. The third kappa shape index (κ3) is 8.68. The maximum absolute atomic E-state index is 12.7. The number of amides is 2. The zero-order valence-electron chi connectivity index (χ0n) is 26.2. The Kier molecular flexibility index (Phi) is 10.4. The van der Waals surface area contributed by atoms with E-state index in [9.17, 15) is 18.0 Å². The van der Waals surface area contributed by atoms with Gasteiger partial charge in [0.25, 0.3) is 0 Å². The minimum absolute atomic E-state index is 0.300. The van der Waals surface area contributed by atoms with Gasteiger partial charge in [0.05, 0.1) is 5.69 Å². The van der Waals surface area contributed by atoms with Crippen LogP contribution < -0.4 is 15.0 Å². The molecule has 1 unspecified atom stereocenters. The van der Waals surface area contributed by atoms with Crippen LogP contribution in [0.15, 0.2) is 78.0 Å². The largest absolute Gasteiger partial charge is 0.573 e. The van der Waals surface area contributed by atoms with E-state index in [-0.39, 0.29) is 11.8 Å². The Hall–Kier alpha value is -4.32. The van der Waals surface area contributed by atoms with E-state index in [0.29, 0.717) is 29.9 Å². The second-order valence-electron chi connectivity index (χ2n) is 11.7. The lowest BCUT2D eigenvalue weighted by Crippen LogP contribution is -2.29. The zero-order chi connectivity index (χ0) is 32.8. The molecule has 2 heterocycles. The van der Waals surface area contributed by atoms with E-state index in [1.165, 1.54) is 46.4 Å². The Morgan fingerprint density at radius 1 is 1.07 bits per heavy atom. The van der Waals surface area contributed by atoms with E-state index in [1.54, 1.807) is 11.8 Å². The molecule has 1 atom stereocenters. The number of carbonyl (C=O) groups excluding carboxylic acids is 1. The van der Waals surface area contributed by atoms with Crippen LogP contribution in [0.1, 0.15) is 49.8 Å². The summed E-state index contributed by atoms with van der Waals surface area (Å²) in [4.78, 5) is 23.7. The minimum atomic E-state index is -4.74. The molecule has 3 aromatic carbocycles. The van der Waals surface area contributed by atoms with Crippen molar-refractivity contribution in [3.8, 4) is 22.8 Å². The molecular weight excluding hydrogens is 613 g/mol. The highest BCUT2D eigenvalue weighted by Crippen LogP contribution is 2.33. The minimum Gasteiger partial charge on any atom is -0.406 e. The number of urea groups is 1. The molecule has 2 amide bonds. The van der Waals surface area contributed by atoms with Gasteiger partial charge in [0.2, 0.25) is 0 Å². The molecule has 0 spiro atoms. The Morgan fingerprint density at radius 2 is 1.80 bits per heavy atom. The molecule has 46 heavy (non-hydrogen) atoms. The summed E-state index contributed by atoms with van der Waals surface area (Å²) in [6, 6.07) is 19.5. The normalized spacial score (nSPS) is 15.0. The zero-order valence-corrected chi connectivity index (χ0v) is 27.0. The number of hydrogen-bond acceptors (Lipinski definition) is 5. The van der Waals surface area contributed by atoms with Crippen molar-refractivity contribution in [3.05, 3.63) is 89.7 Å². The van der Waals surface area contributed by atoms with Crippen LogP contribution in [-0.4, -0.2) is 51.2 Å². The number of anilines is 1. The van der Waals surface area contributed by atoms with Crippen LogP contribution in [0.3, 0.4) is 0 Å². The van der Waals surface area contributed by atoms with Gasteiger partial charge in [-0.3, -0.25) is 0 Å². The van der Waals surface area contributed by atoms with E-state index >= 15 is 0 Å². The first-order valence-corrected chi connectivity index (χ1v) is 16.2. The van der Waals surface area contributed by atoms with Gasteiger partial charge in [-0.25, -0.2) is 14.5 Å². The van der Waals surface area contributed by atoms with Crippen molar-refractivity contribution in [2.75, 3.05) is 23.7 Å². The SMILES string of the molecule is Cc1ccc(C(C)C)c(N2CCS/C2=N\C(=O)NCCC(C)Cc2ccc(-c3ncn(-c4ccc(OC(F)(F)F)cc4)n3)cc2)c1. The molecule has 0 saturated carbocycles. The van der Waals surface area contributed by atoms with Crippen LogP contribution in [0.2, 0.25) is 0 Å². The van der Waals surface area contributed by atoms with Gasteiger partial charge >= 0.3 is 12.4 Å². The van der Waals surface area contributed by atoms with Crippen LogP contribution >= 0.6 is 11.8 Å². The number of hydrogen-bond donors (Lipinski definition) is 1. The van der Waals surface area contributed by atoms with Gasteiger partial charge in [0.1, 0.15) is 12.1 Å². The molecule has 0 aliphatic carbocycles. The number of amidine groups is 1. The van der Waals surface area contributed by atoms with Crippen molar-refractivity contribution < 1.29 is 22.7 Å². The lowest BCUT2D eigenvalue weighted by Gasteiger charge is -2.23.